The maximum Gasteiger partial charge on any atom is 0.140 e. The molecular formula is C9H9BrN2. The summed E-state index contributed by atoms with van der Waals surface area (Å²) in [5.41, 5.74) is 3.38. The van der Waals surface area contributed by atoms with Crippen molar-refractivity contribution in [1.29, 1.82) is 0 Å². The molecule has 0 fully saturated rings. The predicted molar refractivity (Wildman–Crippen MR) is 52.4 cm³/mol. The topological polar surface area (TPSA) is 17.3 Å². The molecule has 0 spiro atoms. The highest BCUT2D eigenvalue weighted by Gasteiger charge is 2.03. The Morgan fingerprint density at radius 3 is 2.92 bits per heavy atom. The van der Waals surface area contributed by atoms with Crippen molar-refractivity contribution < 1.29 is 0 Å². The van der Waals surface area contributed by atoms with Crippen LogP contribution in [0.3, 0.4) is 0 Å². The lowest BCUT2D eigenvalue weighted by Crippen LogP contribution is -1.89. The van der Waals surface area contributed by atoms with Gasteiger partial charge in [0.25, 0.3) is 0 Å². The third-order valence-electron chi connectivity index (χ3n) is 2.05. The van der Waals surface area contributed by atoms with Crippen LogP contribution < -0.4 is 0 Å². The van der Waals surface area contributed by atoms with Gasteiger partial charge in [0, 0.05) is 28.1 Å². The van der Waals surface area contributed by atoms with Crippen LogP contribution in [0.25, 0.3) is 5.65 Å². The number of hydrogen-bond donors (Lipinski definition) is 0. The standard InChI is InChI=1S/C9H9BrN2/c1-6-5-11-9-7(2)8(10)3-4-12(6)9/h3-5H,1-2H3. The third kappa shape index (κ3) is 0.966. The minimum atomic E-state index is 1.03. The molecule has 0 unspecified atom stereocenters. The Hall–Kier alpha value is -0.830. The molecule has 2 nitrogen and oxygen atoms in total. The van der Waals surface area contributed by atoms with Gasteiger partial charge in [0.2, 0.25) is 0 Å². The van der Waals surface area contributed by atoms with Gasteiger partial charge in [0.1, 0.15) is 5.65 Å². The molecule has 2 aromatic heterocycles. The maximum atomic E-state index is 4.31. The fourth-order valence-electron chi connectivity index (χ4n) is 1.28. The van der Waals surface area contributed by atoms with Crippen molar-refractivity contribution >= 4 is 21.6 Å². The van der Waals surface area contributed by atoms with Gasteiger partial charge in [-0.2, -0.15) is 0 Å². The molecular weight excluding hydrogens is 216 g/mol. The molecule has 2 rings (SSSR count). The van der Waals surface area contributed by atoms with E-state index in [9.17, 15) is 0 Å². The van der Waals surface area contributed by atoms with Gasteiger partial charge >= 0.3 is 0 Å². The van der Waals surface area contributed by atoms with Crippen molar-refractivity contribution in [2.45, 2.75) is 13.8 Å². The molecule has 0 N–H and O–H groups in total. The summed E-state index contributed by atoms with van der Waals surface area (Å²) in [6.07, 6.45) is 3.91. The van der Waals surface area contributed by atoms with Gasteiger partial charge in [0.15, 0.2) is 0 Å². The van der Waals surface area contributed by atoms with Gasteiger partial charge in [-0.05, 0) is 19.9 Å². The minimum absolute atomic E-state index is 1.03. The van der Waals surface area contributed by atoms with E-state index in [-0.39, 0.29) is 0 Å². The van der Waals surface area contributed by atoms with Crippen molar-refractivity contribution in [3.8, 4) is 0 Å². The second-order valence-electron chi connectivity index (χ2n) is 2.88. The van der Waals surface area contributed by atoms with Crippen LogP contribution in [0.15, 0.2) is 22.9 Å². The molecule has 0 aromatic carbocycles. The van der Waals surface area contributed by atoms with E-state index in [2.05, 4.69) is 32.2 Å². The van der Waals surface area contributed by atoms with E-state index in [0.717, 1.165) is 10.1 Å². The van der Waals surface area contributed by atoms with Crippen molar-refractivity contribution in [1.82, 2.24) is 9.38 Å². The normalized spacial score (nSPS) is 10.9. The molecule has 12 heavy (non-hydrogen) atoms. The number of rotatable bonds is 0. The van der Waals surface area contributed by atoms with Gasteiger partial charge in [-0.15, -0.1) is 0 Å². The van der Waals surface area contributed by atoms with Crippen LogP contribution in [0, 0.1) is 13.8 Å². The Morgan fingerprint density at radius 2 is 2.17 bits per heavy atom. The summed E-state index contributed by atoms with van der Waals surface area (Å²) in [6, 6.07) is 2.04. The van der Waals surface area contributed by atoms with Crippen LogP contribution in [0.2, 0.25) is 0 Å². The number of nitrogens with zero attached hydrogens (tertiary/aromatic N) is 2. The van der Waals surface area contributed by atoms with Crippen LogP contribution in [0.4, 0.5) is 0 Å². The summed E-state index contributed by atoms with van der Waals surface area (Å²) in [5, 5.41) is 0. The van der Waals surface area contributed by atoms with Crippen LogP contribution in [-0.4, -0.2) is 9.38 Å². The lowest BCUT2D eigenvalue weighted by molar-refractivity contribution is 1.09. The molecule has 0 atom stereocenters. The van der Waals surface area contributed by atoms with E-state index in [0.29, 0.717) is 0 Å². The van der Waals surface area contributed by atoms with Gasteiger partial charge in [-0.25, -0.2) is 4.98 Å². The van der Waals surface area contributed by atoms with E-state index in [1.807, 2.05) is 25.4 Å². The molecule has 0 saturated heterocycles. The molecule has 0 saturated carbocycles. The monoisotopic (exact) mass is 224 g/mol. The Balaban J connectivity index is 2.93. The average Bonchev–Trinajstić information content (AvgIpc) is 2.41. The van der Waals surface area contributed by atoms with Crippen molar-refractivity contribution in [2.24, 2.45) is 0 Å². The second-order valence-corrected chi connectivity index (χ2v) is 3.74. The van der Waals surface area contributed by atoms with E-state index in [4.69, 9.17) is 0 Å². The number of aryl methyl sites for hydroxylation is 2. The number of hydrogen-bond acceptors (Lipinski definition) is 1. The van der Waals surface area contributed by atoms with Crippen molar-refractivity contribution in [3.63, 3.8) is 0 Å². The summed E-state index contributed by atoms with van der Waals surface area (Å²) in [6.45, 7) is 4.11. The van der Waals surface area contributed by atoms with Crippen molar-refractivity contribution in [2.75, 3.05) is 0 Å². The zero-order valence-corrected chi connectivity index (χ0v) is 8.59. The van der Waals surface area contributed by atoms with Crippen LogP contribution in [0.1, 0.15) is 11.3 Å². The maximum absolute atomic E-state index is 4.31. The molecule has 2 aromatic rings. The zero-order chi connectivity index (χ0) is 8.72. The first kappa shape index (κ1) is 7.80. The highest BCUT2D eigenvalue weighted by molar-refractivity contribution is 9.10. The summed E-state index contributed by atoms with van der Waals surface area (Å²) < 4.78 is 3.20. The summed E-state index contributed by atoms with van der Waals surface area (Å²) >= 11 is 3.47. The Kier molecular flexibility index (Phi) is 1.68. The van der Waals surface area contributed by atoms with Gasteiger partial charge < -0.3 is 4.40 Å². The summed E-state index contributed by atoms with van der Waals surface area (Å²) in [7, 11) is 0. The second kappa shape index (κ2) is 2.59. The first-order valence-electron chi connectivity index (χ1n) is 3.79. The molecule has 0 aliphatic rings. The zero-order valence-electron chi connectivity index (χ0n) is 7.00. The molecule has 0 bridgehead atoms. The van der Waals surface area contributed by atoms with Gasteiger partial charge in [-0.1, -0.05) is 15.9 Å². The quantitative estimate of drug-likeness (QED) is 0.673. The largest absolute Gasteiger partial charge is 0.304 e. The third-order valence-corrected chi connectivity index (χ3v) is 2.90. The molecule has 0 aliphatic carbocycles. The highest BCUT2D eigenvalue weighted by atomic mass is 79.9. The number of imidazole rings is 1. The fourth-order valence-corrected chi connectivity index (χ4v) is 1.58. The minimum Gasteiger partial charge on any atom is -0.304 e. The molecule has 62 valence electrons. The van der Waals surface area contributed by atoms with Crippen LogP contribution in [0.5, 0.6) is 0 Å². The van der Waals surface area contributed by atoms with E-state index < -0.39 is 0 Å². The Morgan fingerprint density at radius 1 is 1.42 bits per heavy atom. The molecule has 3 heteroatoms. The average molecular weight is 225 g/mol. The lowest BCUT2D eigenvalue weighted by atomic mass is 10.3. The SMILES string of the molecule is Cc1c(Br)ccn2c(C)cnc12. The highest BCUT2D eigenvalue weighted by Crippen LogP contribution is 2.20. The Bertz CT molecular complexity index is 431. The molecule has 2 heterocycles. The number of halogens is 1. The summed E-state index contributed by atoms with van der Waals surface area (Å²) in [5.74, 6) is 0. The molecule has 0 radical (unpaired) electrons. The first-order valence-corrected chi connectivity index (χ1v) is 4.58. The van der Waals surface area contributed by atoms with E-state index in [1.165, 1.54) is 11.3 Å². The van der Waals surface area contributed by atoms with Gasteiger partial charge in [-0.3, -0.25) is 0 Å². The van der Waals surface area contributed by atoms with E-state index >= 15 is 0 Å². The fraction of sp³-hybridized carbons (Fsp3) is 0.222. The van der Waals surface area contributed by atoms with Crippen LogP contribution in [-0.2, 0) is 0 Å². The van der Waals surface area contributed by atoms with E-state index in [1.54, 1.807) is 0 Å². The number of pyridine rings is 1. The van der Waals surface area contributed by atoms with Gasteiger partial charge in [0.05, 0.1) is 0 Å². The number of fused-ring (bicyclic) bond motifs is 1. The predicted octanol–water partition coefficient (Wildman–Crippen LogP) is 2.71. The number of aromatic nitrogens is 2. The smallest absolute Gasteiger partial charge is 0.140 e. The van der Waals surface area contributed by atoms with Crippen molar-refractivity contribution in [3.05, 3.63) is 34.2 Å². The summed E-state index contributed by atoms with van der Waals surface area (Å²) in [4.78, 5) is 4.31. The lowest BCUT2D eigenvalue weighted by Gasteiger charge is -2.01. The first-order chi connectivity index (χ1) is 5.70. The van der Waals surface area contributed by atoms with Crippen LogP contribution >= 0.6 is 15.9 Å². The molecule has 0 amide bonds. The Labute approximate surface area is 79.4 Å². The molecule has 0 aliphatic heterocycles.